The van der Waals surface area contributed by atoms with Crippen molar-refractivity contribution < 1.29 is 27.8 Å². The molecule has 6 rings (SSSR count). The van der Waals surface area contributed by atoms with E-state index in [4.69, 9.17) is 16.3 Å². The van der Waals surface area contributed by atoms with Crippen LogP contribution >= 0.6 is 11.6 Å². The van der Waals surface area contributed by atoms with E-state index in [2.05, 4.69) is 16.5 Å². The monoisotopic (exact) mass is 653 g/mol. The number of hydrogen-bond acceptors (Lipinski definition) is 7. The highest BCUT2D eigenvalue weighted by atomic mass is 35.5. The largest absolute Gasteiger partial charge is 0.507 e. The lowest BCUT2D eigenvalue weighted by atomic mass is 9.97. The van der Waals surface area contributed by atoms with Crippen LogP contribution in [0.15, 0.2) is 41.8 Å². The van der Waals surface area contributed by atoms with Crippen molar-refractivity contribution >= 4 is 34.2 Å². The van der Waals surface area contributed by atoms with Crippen LogP contribution in [0, 0.1) is 24.4 Å². The van der Waals surface area contributed by atoms with Crippen molar-refractivity contribution in [2.45, 2.75) is 52.1 Å². The topological polar surface area (TPSA) is 101 Å². The van der Waals surface area contributed by atoms with Gasteiger partial charge in [-0.3, -0.25) is 14.3 Å². The van der Waals surface area contributed by atoms with Crippen molar-refractivity contribution in [1.29, 1.82) is 0 Å². The lowest BCUT2D eigenvalue weighted by Crippen LogP contribution is -2.60. The Balaban J connectivity index is 1.78. The average molecular weight is 654 g/mol. The maximum absolute atomic E-state index is 17.3. The normalized spacial score (nSPS) is 17.8. The van der Waals surface area contributed by atoms with Crippen molar-refractivity contribution in [2.24, 2.45) is 0 Å². The number of phenols is 1. The molecule has 9 nitrogen and oxygen atoms in total. The average Bonchev–Trinajstić information content (AvgIpc) is 3.01. The summed E-state index contributed by atoms with van der Waals surface area (Å²) in [6.07, 6.45) is 3.16. The van der Waals surface area contributed by atoms with Crippen molar-refractivity contribution in [1.82, 2.24) is 19.4 Å². The number of hydrogen-bond donors (Lipinski definition) is 1. The van der Waals surface area contributed by atoms with Gasteiger partial charge in [0.25, 0.3) is 0 Å². The third kappa shape index (κ3) is 4.77. The number of ether oxygens (including phenoxy) is 1. The Labute approximate surface area is 267 Å². The number of phenolic OH excluding ortho intramolecular Hbond substituents is 1. The van der Waals surface area contributed by atoms with Crippen LogP contribution in [-0.2, 0) is 4.79 Å². The lowest BCUT2D eigenvalue weighted by Gasteiger charge is -2.46. The van der Waals surface area contributed by atoms with E-state index >= 15 is 8.78 Å². The van der Waals surface area contributed by atoms with E-state index in [0.29, 0.717) is 23.7 Å². The Bertz CT molecular complexity index is 2000. The molecule has 13 heteroatoms. The third-order valence-electron chi connectivity index (χ3n) is 8.67. The second kappa shape index (κ2) is 11.7. The van der Waals surface area contributed by atoms with Crippen molar-refractivity contribution in [3.05, 3.63) is 81.3 Å². The molecule has 2 aromatic heterocycles. The summed E-state index contributed by atoms with van der Waals surface area (Å²) in [6.45, 7) is 11.4. The Hall–Kier alpha value is -4.58. The molecule has 4 aromatic rings. The molecular formula is C33H31ClF3N5O4. The number of amides is 1. The Morgan fingerprint density at radius 2 is 1.91 bits per heavy atom. The van der Waals surface area contributed by atoms with Gasteiger partial charge in [-0.1, -0.05) is 32.0 Å². The van der Waals surface area contributed by atoms with Crippen LogP contribution in [0.5, 0.6) is 11.5 Å². The molecule has 2 aliphatic heterocycles. The molecule has 1 amide bonds. The molecule has 0 radical (unpaired) electrons. The fraction of sp³-hybridized carbons (Fsp3) is 0.333. The highest BCUT2D eigenvalue weighted by molar-refractivity contribution is 6.36. The predicted octanol–water partition coefficient (Wildman–Crippen LogP) is 6.03. The zero-order valence-corrected chi connectivity index (χ0v) is 26.3. The van der Waals surface area contributed by atoms with E-state index < -0.39 is 45.0 Å². The SMILES string of the molecule is C=CC(=O)N1CC2CCOc3c(Cl)c(-c4c(O)ccc(F)c4F)c(F)c4c3c(nc(=O)n4-c3c(C)ccnc3C(C)C)N2CC1C. The molecule has 0 spiro atoms. The summed E-state index contributed by atoms with van der Waals surface area (Å²) in [5.74, 6) is -5.35. The number of carbonyl (C=O) groups excluding carboxylic acids is 1. The number of halogens is 4. The first kappa shape index (κ1) is 31.4. The van der Waals surface area contributed by atoms with Gasteiger partial charge in [0.15, 0.2) is 23.2 Å². The zero-order chi connectivity index (χ0) is 33.2. The number of benzene rings is 2. The Morgan fingerprint density at radius 1 is 1.17 bits per heavy atom. The van der Waals surface area contributed by atoms with E-state index in [0.717, 1.165) is 10.6 Å². The van der Waals surface area contributed by atoms with Crippen LogP contribution in [0.4, 0.5) is 19.0 Å². The summed E-state index contributed by atoms with van der Waals surface area (Å²) in [7, 11) is 0. The minimum absolute atomic E-state index is 0.0282. The fourth-order valence-electron chi connectivity index (χ4n) is 6.46. The van der Waals surface area contributed by atoms with Crippen molar-refractivity contribution in [3.63, 3.8) is 0 Å². The molecule has 46 heavy (non-hydrogen) atoms. The molecule has 240 valence electrons. The number of aryl methyl sites for hydroxylation is 1. The van der Waals surface area contributed by atoms with Gasteiger partial charge in [0.1, 0.15) is 17.1 Å². The molecule has 4 heterocycles. The minimum atomic E-state index is -1.53. The summed E-state index contributed by atoms with van der Waals surface area (Å²) in [6, 6.07) is 2.54. The smallest absolute Gasteiger partial charge is 0.354 e. The molecule has 1 fully saturated rings. The van der Waals surface area contributed by atoms with Gasteiger partial charge in [-0.15, -0.1) is 0 Å². The number of aromatic hydroxyl groups is 1. The molecule has 2 aliphatic rings. The van der Waals surface area contributed by atoms with E-state index in [-0.39, 0.29) is 71.8 Å². The van der Waals surface area contributed by atoms with Crippen LogP contribution in [0.25, 0.3) is 27.7 Å². The van der Waals surface area contributed by atoms with Crippen molar-refractivity contribution in [3.8, 4) is 28.3 Å². The van der Waals surface area contributed by atoms with Gasteiger partial charge in [-0.25, -0.2) is 18.0 Å². The quantitative estimate of drug-likeness (QED) is 0.269. The highest BCUT2D eigenvalue weighted by Crippen LogP contribution is 2.50. The molecule has 0 bridgehead atoms. The van der Waals surface area contributed by atoms with Gasteiger partial charge in [0, 0.05) is 37.3 Å². The Kier molecular flexibility index (Phi) is 7.95. The fourth-order valence-corrected chi connectivity index (χ4v) is 6.79. The summed E-state index contributed by atoms with van der Waals surface area (Å²) in [4.78, 5) is 39.3. The summed E-state index contributed by atoms with van der Waals surface area (Å²) < 4.78 is 54.5. The first-order chi connectivity index (χ1) is 21.9. The maximum atomic E-state index is 17.3. The molecular weight excluding hydrogens is 623 g/mol. The van der Waals surface area contributed by atoms with Gasteiger partial charge in [0.2, 0.25) is 5.91 Å². The first-order valence-corrected chi connectivity index (χ1v) is 15.2. The van der Waals surface area contributed by atoms with Crippen LogP contribution < -0.4 is 15.3 Å². The van der Waals surface area contributed by atoms with Gasteiger partial charge in [-0.05, 0) is 49.6 Å². The van der Waals surface area contributed by atoms with Crippen LogP contribution in [0.3, 0.4) is 0 Å². The number of anilines is 1. The lowest BCUT2D eigenvalue weighted by molar-refractivity contribution is -0.129. The minimum Gasteiger partial charge on any atom is -0.507 e. The standard InChI is InChI=1S/C33H31ClF3N5O4/c1-6-21(44)40-14-18-10-12-46-31-24-30(27(37)23(25(31)34)22-20(43)8-7-19(35)26(22)36)42(29-16(4)9-11-38-28(29)15(2)3)33(45)39-32(24)41(18)13-17(40)5/h6-9,11,15,17-18,43H,1,10,12-14H2,2-5H3. The molecule has 2 unspecified atom stereocenters. The van der Waals surface area contributed by atoms with Crippen LogP contribution in [0.2, 0.25) is 5.02 Å². The van der Waals surface area contributed by atoms with Gasteiger partial charge >= 0.3 is 5.69 Å². The highest BCUT2D eigenvalue weighted by Gasteiger charge is 2.39. The number of rotatable bonds is 4. The van der Waals surface area contributed by atoms with Gasteiger partial charge < -0.3 is 19.6 Å². The predicted molar refractivity (Wildman–Crippen MR) is 169 cm³/mol. The molecule has 1 saturated heterocycles. The molecule has 1 N–H and O–H groups in total. The summed E-state index contributed by atoms with van der Waals surface area (Å²) in [5.41, 5.74) is -1.42. The van der Waals surface area contributed by atoms with Gasteiger partial charge in [-0.2, -0.15) is 4.98 Å². The Morgan fingerprint density at radius 3 is 2.61 bits per heavy atom. The maximum Gasteiger partial charge on any atom is 0.354 e. The number of aromatic nitrogens is 3. The van der Waals surface area contributed by atoms with Crippen LogP contribution in [0.1, 0.15) is 44.4 Å². The second-order valence-electron chi connectivity index (χ2n) is 11.9. The molecule has 2 atom stereocenters. The van der Waals surface area contributed by atoms with E-state index in [1.165, 1.54) is 6.08 Å². The number of nitrogens with zero attached hydrogens (tertiary/aromatic N) is 5. The molecule has 0 saturated carbocycles. The number of piperazine rings is 1. The van der Waals surface area contributed by atoms with Crippen molar-refractivity contribution in [2.75, 3.05) is 24.6 Å². The summed E-state index contributed by atoms with van der Waals surface area (Å²) >= 11 is 6.82. The van der Waals surface area contributed by atoms with Gasteiger partial charge in [0.05, 0.1) is 40.0 Å². The molecule has 0 aliphatic carbocycles. The first-order valence-electron chi connectivity index (χ1n) is 14.8. The zero-order valence-electron chi connectivity index (χ0n) is 25.6. The number of fused-ring (bicyclic) bond motifs is 2. The summed E-state index contributed by atoms with van der Waals surface area (Å²) in [5, 5.41) is 10.3. The van der Waals surface area contributed by atoms with Crippen LogP contribution in [-0.4, -0.2) is 62.2 Å². The molecule has 2 aromatic carbocycles. The van der Waals surface area contributed by atoms with E-state index in [9.17, 15) is 19.1 Å². The van der Waals surface area contributed by atoms with E-state index in [1.54, 1.807) is 24.1 Å². The van der Waals surface area contributed by atoms with E-state index in [1.807, 2.05) is 25.7 Å². The number of carbonyl (C=O) groups is 1. The second-order valence-corrected chi connectivity index (χ2v) is 12.2. The third-order valence-corrected chi connectivity index (χ3v) is 9.03. The number of pyridine rings is 1.